The van der Waals surface area contributed by atoms with Gasteiger partial charge in [0.25, 0.3) is 11.8 Å². The average molecular weight is 707 g/mol. The van der Waals surface area contributed by atoms with E-state index >= 15 is 0 Å². The first-order chi connectivity index (χ1) is 23.1. The largest absolute Gasteiger partial charge is 0.493 e. The van der Waals surface area contributed by atoms with Crippen molar-refractivity contribution in [2.45, 2.75) is 16.6 Å². The van der Waals surface area contributed by atoms with E-state index < -0.39 is 23.0 Å². The third kappa shape index (κ3) is 7.76. The molecule has 1 heterocycles. The molecular weight excluding hydrogens is 677 g/mol. The van der Waals surface area contributed by atoms with E-state index in [1.54, 1.807) is 72.8 Å². The smallest absolute Gasteiger partial charge is 0.272 e. The van der Waals surface area contributed by atoms with Crippen molar-refractivity contribution in [3.63, 3.8) is 0 Å². The van der Waals surface area contributed by atoms with Crippen LogP contribution in [0.15, 0.2) is 95.5 Å². The third-order valence-corrected chi connectivity index (χ3v) is 9.08. The molecule has 1 unspecified atom stereocenters. The van der Waals surface area contributed by atoms with Crippen molar-refractivity contribution in [2.24, 2.45) is 0 Å². The monoisotopic (exact) mass is 705 g/mol. The van der Waals surface area contributed by atoms with Gasteiger partial charge in [-0.05, 0) is 72.3 Å². The van der Waals surface area contributed by atoms with Gasteiger partial charge in [-0.25, -0.2) is 4.90 Å². The second-order valence-electron chi connectivity index (χ2n) is 10.3. The van der Waals surface area contributed by atoms with Gasteiger partial charge in [0.1, 0.15) is 5.70 Å². The first-order valence-electron chi connectivity index (χ1n) is 14.4. The van der Waals surface area contributed by atoms with E-state index in [2.05, 4.69) is 10.6 Å². The van der Waals surface area contributed by atoms with E-state index in [1.807, 2.05) is 0 Å². The molecule has 0 aliphatic carbocycles. The number of anilines is 2. The summed E-state index contributed by atoms with van der Waals surface area (Å²) in [5.41, 5.74) is 1.51. The molecule has 0 radical (unpaired) electrons. The van der Waals surface area contributed by atoms with Crippen molar-refractivity contribution in [1.29, 1.82) is 0 Å². The van der Waals surface area contributed by atoms with Crippen LogP contribution < -0.4 is 29.7 Å². The van der Waals surface area contributed by atoms with E-state index in [0.29, 0.717) is 49.7 Å². The molecule has 4 amide bonds. The van der Waals surface area contributed by atoms with E-state index in [9.17, 15) is 19.2 Å². The maximum Gasteiger partial charge on any atom is 0.272 e. The molecule has 1 fully saturated rings. The van der Waals surface area contributed by atoms with Gasteiger partial charge in [0.2, 0.25) is 17.6 Å². The molecule has 1 atom stereocenters. The van der Waals surface area contributed by atoms with Crippen LogP contribution in [-0.2, 0) is 14.4 Å². The zero-order chi connectivity index (χ0) is 34.4. The second-order valence-corrected chi connectivity index (χ2v) is 12.4. The lowest BCUT2D eigenvalue weighted by Gasteiger charge is -2.16. The Hall–Kier alpha value is -4.97. The second kappa shape index (κ2) is 15.3. The van der Waals surface area contributed by atoms with Gasteiger partial charge >= 0.3 is 0 Å². The highest BCUT2D eigenvalue weighted by Crippen LogP contribution is 2.39. The van der Waals surface area contributed by atoms with Crippen molar-refractivity contribution in [3.05, 3.63) is 112 Å². The van der Waals surface area contributed by atoms with Gasteiger partial charge in [-0.1, -0.05) is 47.5 Å². The molecule has 48 heavy (non-hydrogen) atoms. The van der Waals surface area contributed by atoms with Gasteiger partial charge in [0.15, 0.2) is 11.5 Å². The number of nitrogens with one attached hydrogen (secondary N) is 2. The summed E-state index contributed by atoms with van der Waals surface area (Å²) in [6.07, 6.45) is 1.47. The quantitative estimate of drug-likeness (QED) is 0.128. The van der Waals surface area contributed by atoms with Gasteiger partial charge in [-0.15, -0.1) is 11.8 Å². The first-order valence-corrected chi connectivity index (χ1v) is 16.0. The molecule has 5 rings (SSSR count). The number of imide groups is 1. The van der Waals surface area contributed by atoms with Crippen LogP contribution in [0.1, 0.15) is 22.3 Å². The molecule has 4 aromatic rings. The Morgan fingerprint density at radius 1 is 0.854 bits per heavy atom. The minimum atomic E-state index is -0.696. The number of carbonyl (C=O) groups excluding carboxylic acids is 4. The Morgan fingerprint density at radius 3 is 2.21 bits per heavy atom. The highest BCUT2D eigenvalue weighted by molar-refractivity contribution is 8.00. The van der Waals surface area contributed by atoms with Crippen molar-refractivity contribution in [3.8, 4) is 17.2 Å². The van der Waals surface area contributed by atoms with Crippen molar-refractivity contribution in [1.82, 2.24) is 5.32 Å². The summed E-state index contributed by atoms with van der Waals surface area (Å²) in [6.45, 7) is 0. The summed E-state index contributed by atoms with van der Waals surface area (Å²) < 4.78 is 16.3. The normalized spacial score (nSPS) is 14.5. The number of rotatable bonds is 11. The van der Waals surface area contributed by atoms with Crippen LogP contribution in [0.25, 0.3) is 6.08 Å². The lowest BCUT2D eigenvalue weighted by atomic mass is 10.1. The predicted molar refractivity (Wildman–Crippen MR) is 186 cm³/mol. The number of carbonyl (C=O) groups is 4. The maximum atomic E-state index is 13.7. The number of hydrogen-bond acceptors (Lipinski definition) is 8. The van der Waals surface area contributed by atoms with Crippen LogP contribution in [0.3, 0.4) is 0 Å². The summed E-state index contributed by atoms with van der Waals surface area (Å²) in [4.78, 5) is 54.7. The summed E-state index contributed by atoms with van der Waals surface area (Å²) in [6, 6.07) is 23.1. The van der Waals surface area contributed by atoms with Crippen molar-refractivity contribution in [2.75, 3.05) is 31.5 Å². The number of methoxy groups -OCH3 is 3. The highest BCUT2D eigenvalue weighted by atomic mass is 35.5. The summed E-state index contributed by atoms with van der Waals surface area (Å²) in [5, 5.41) is 5.37. The summed E-state index contributed by atoms with van der Waals surface area (Å²) >= 11 is 13.3. The highest BCUT2D eigenvalue weighted by Gasteiger charge is 2.40. The number of nitrogens with zero attached hydrogens (tertiary/aromatic N) is 1. The number of halogens is 2. The Bertz CT molecular complexity index is 1890. The summed E-state index contributed by atoms with van der Waals surface area (Å²) in [7, 11) is 4.42. The Kier molecular flexibility index (Phi) is 10.9. The van der Waals surface area contributed by atoms with Gasteiger partial charge in [-0.2, -0.15) is 0 Å². The molecule has 2 N–H and O–H groups in total. The lowest BCUT2D eigenvalue weighted by molar-refractivity contribution is -0.121. The third-order valence-electron chi connectivity index (χ3n) is 7.16. The summed E-state index contributed by atoms with van der Waals surface area (Å²) in [5.74, 6) is -0.779. The van der Waals surface area contributed by atoms with Crippen LogP contribution in [0.5, 0.6) is 17.2 Å². The van der Waals surface area contributed by atoms with Crippen LogP contribution in [0, 0.1) is 0 Å². The van der Waals surface area contributed by atoms with E-state index in [1.165, 1.54) is 51.3 Å². The Morgan fingerprint density at radius 2 is 1.56 bits per heavy atom. The molecule has 1 saturated heterocycles. The molecule has 0 saturated carbocycles. The fourth-order valence-corrected chi connectivity index (χ4v) is 6.30. The minimum absolute atomic E-state index is 0.0203. The molecule has 0 spiro atoms. The van der Waals surface area contributed by atoms with Crippen molar-refractivity contribution >= 4 is 76.0 Å². The Balaban J connectivity index is 1.38. The number of thioether (sulfide) groups is 1. The first kappa shape index (κ1) is 34.4. The minimum Gasteiger partial charge on any atom is -0.493 e. The molecular formula is C35H29Cl2N3O7S. The molecule has 0 bridgehead atoms. The van der Waals surface area contributed by atoms with Gasteiger partial charge < -0.3 is 24.8 Å². The molecule has 1 aliphatic heterocycles. The molecule has 0 aromatic heterocycles. The van der Waals surface area contributed by atoms with Crippen LogP contribution in [0.2, 0.25) is 10.0 Å². The van der Waals surface area contributed by atoms with Crippen LogP contribution >= 0.6 is 35.0 Å². The van der Waals surface area contributed by atoms with Crippen molar-refractivity contribution < 1.29 is 33.4 Å². The standard InChI is InChI=1S/C35H29Cl2N3O7S/c1-45-28-15-20(16-29(46-2)32(28)47-3)14-27(39-33(42)21-8-5-4-6-9-21)34(43)38-22-10-7-11-24(17-22)48-30-19-31(41)40(35(30)44)23-12-13-25(36)26(37)18-23/h4-18,30H,19H2,1-3H3,(H,38,43)(H,39,42). The fraction of sp³-hybridized carbons (Fsp3) is 0.143. The maximum absolute atomic E-state index is 13.7. The average Bonchev–Trinajstić information content (AvgIpc) is 3.37. The number of ether oxygens (including phenoxy) is 3. The zero-order valence-electron chi connectivity index (χ0n) is 25.9. The molecule has 13 heteroatoms. The molecule has 1 aliphatic rings. The van der Waals surface area contributed by atoms with E-state index in [-0.39, 0.29) is 23.0 Å². The molecule has 4 aromatic carbocycles. The van der Waals surface area contributed by atoms with Gasteiger partial charge in [0, 0.05) is 22.6 Å². The lowest BCUT2D eigenvalue weighted by Crippen LogP contribution is -2.31. The number of benzene rings is 4. The van der Waals surface area contributed by atoms with Gasteiger partial charge in [-0.3, -0.25) is 19.2 Å². The fourth-order valence-electron chi connectivity index (χ4n) is 4.90. The SMILES string of the molecule is COc1cc(C=C(NC(=O)c2ccccc2)C(=O)Nc2cccc(SC3CC(=O)N(c4ccc(Cl)c(Cl)c4)C3=O)c2)cc(OC)c1OC. The zero-order valence-corrected chi connectivity index (χ0v) is 28.2. The van der Waals surface area contributed by atoms with Crippen LogP contribution in [0.4, 0.5) is 11.4 Å². The molecule has 10 nitrogen and oxygen atoms in total. The van der Waals surface area contributed by atoms with E-state index in [0.717, 1.165) is 4.90 Å². The van der Waals surface area contributed by atoms with Gasteiger partial charge in [0.05, 0.1) is 42.3 Å². The number of hydrogen-bond donors (Lipinski definition) is 2. The topological polar surface area (TPSA) is 123 Å². The predicted octanol–water partition coefficient (Wildman–Crippen LogP) is 6.85. The Labute approximate surface area is 290 Å². The van der Waals surface area contributed by atoms with E-state index in [4.69, 9.17) is 37.4 Å². The number of amides is 4. The van der Waals surface area contributed by atoms with Crippen LogP contribution in [-0.4, -0.2) is 50.2 Å². The molecule has 246 valence electrons.